The highest BCUT2D eigenvalue weighted by Crippen LogP contribution is 2.51. The fourth-order valence-electron chi connectivity index (χ4n) is 5.77. The summed E-state index contributed by atoms with van der Waals surface area (Å²) in [4.78, 5) is 41.8. The molecule has 1 aromatic heterocycles. The van der Waals surface area contributed by atoms with E-state index in [0.29, 0.717) is 33.8 Å². The zero-order chi connectivity index (χ0) is 32.0. The Balaban J connectivity index is 0.00000104. The van der Waals surface area contributed by atoms with Crippen LogP contribution in [0.3, 0.4) is 0 Å². The number of hydrogen-bond acceptors (Lipinski definition) is 10. The minimum Gasteiger partial charge on any atom is -0.496 e. The number of aliphatic hydroxyl groups excluding tert-OH is 2. The average Bonchev–Trinajstić information content (AvgIpc) is 3.41. The second-order valence-corrected chi connectivity index (χ2v) is 10.8. The predicted molar refractivity (Wildman–Crippen MR) is 164 cm³/mol. The van der Waals surface area contributed by atoms with Crippen LogP contribution in [-0.2, 0) is 10.2 Å². The van der Waals surface area contributed by atoms with Gasteiger partial charge >= 0.3 is 5.69 Å². The van der Waals surface area contributed by atoms with Crippen LogP contribution in [0.5, 0.6) is 11.5 Å². The van der Waals surface area contributed by atoms with Crippen LogP contribution in [0.4, 0.5) is 0 Å². The van der Waals surface area contributed by atoms with Crippen LogP contribution in [0.1, 0.15) is 34.9 Å². The van der Waals surface area contributed by atoms with Gasteiger partial charge in [0.05, 0.1) is 25.7 Å². The van der Waals surface area contributed by atoms with Crippen molar-refractivity contribution in [1.82, 2.24) is 9.55 Å². The molecule has 2 heterocycles. The van der Waals surface area contributed by atoms with Crippen molar-refractivity contribution < 1.29 is 34.2 Å². The van der Waals surface area contributed by atoms with Gasteiger partial charge in [0.25, 0.3) is 5.56 Å². The average molecular weight is 626 g/mol. The Bertz CT molecular complexity index is 1610. The molecule has 1 fully saturated rings. The summed E-state index contributed by atoms with van der Waals surface area (Å²) in [7, 11) is 1.00. The Morgan fingerprint density at radius 3 is 1.98 bits per heavy atom. The summed E-state index contributed by atoms with van der Waals surface area (Å²) in [6.07, 6.45) is -3.16. The largest absolute Gasteiger partial charge is 0.496 e. The van der Waals surface area contributed by atoms with Crippen molar-refractivity contribution >= 4 is 8.53 Å². The molecular weight excluding hydrogens is 589 g/mol. The van der Waals surface area contributed by atoms with E-state index in [9.17, 15) is 19.8 Å². The van der Waals surface area contributed by atoms with E-state index in [-0.39, 0.29) is 6.42 Å². The SMILES string of the molecule is COc1ccccc1C(c1ccccc1)(c1ccccc1OC)C(O)[C@H]1O[C@@H](n2cc(C)c(=O)[nH]c2=O)C[C@@H]1O.NP(O)O. The molecule has 4 atom stereocenters. The van der Waals surface area contributed by atoms with E-state index in [1.165, 1.54) is 10.8 Å². The monoisotopic (exact) mass is 625 g/mol. The number of methoxy groups -OCH3 is 2. The summed E-state index contributed by atoms with van der Waals surface area (Å²) in [6, 6.07) is 24.2. The highest BCUT2D eigenvalue weighted by Gasteiger charge is 2.54. The van der Waals surface area contributed by atoms with Gasteiger partial charge in [-0.05, 0) is 24.6 Å². The molecule has 0 radical (unpaired) electrons. The van der Waals surface area contributed by atoms with E-state index in [4.69, 9.17) is 24.0 Å². The zero-order valence-corrected chi connectivity index (χ0v) is 25.3. The van der Waals surface area contributed by atoms with Crippen molar-refractivity contribution in [3.05, 3.63) is 128 Å². The first kappa shape index (κ1) is 33.0. The summed E-state index contributed by atoms with van der Waals surface area (Å²) in [5.74, 6) is 1.04. The number of aliphatic hydroxyl groups is 2. The van der Waals surface area contributed by atoms with Crippen LogP contribution in [0, 0.1) is 6.92 Å². The molecule has 12 nitrogen and oxygen atoms in total. The van der Waals surface area contributed by atoms with E-state index in [2.05, 4.69) is 10.5 Å². The molecule has 44 heavy (non-hydrogen) atoms. The molecule has 1 unspecified atom stereocenters. The number of ether oxygens (including phenoxy) is 3. The van der Waals surface area contributed by atoms with Crippen molar-refractivity contribution in [3.63, 3.8) is 0 Å². The predicted octanol–water partition coefficient (Wildman–Crippen LogP) is 2.06. The van der Waals surface area contributed by atoms with E-state index >= 15 is 0 Å². The zero-order valence-electron chi connectivity index (χ0n) is 24.4. The molecule has 0 spiro atoms. The molecule has 4 aromatic rings. The maximum atomic E-state index is 12.6. The number of hydrogen-bond donors (Lipinski definition) is 6. The molecular formula is C31H36N3O9P. The summed E-state index contributed by atoms with van der Waals surface area (Å²) in [6.45, 7) is 1.58. The first-order chi connectivity index (χ1) is 21.1. The van der Waals surface area contributed by atoms with Gasteiger partial charge in [0.1, 0.15) is 29.9 Å². The molecule has 0 bridgehead atoms. The van der Waals surface area contributed by atoms with E-state index in [1.54, 1.807) is 21.1 Å². The van der Waals surface area contributed by atoms with Crippen molar-refractivity contribution in [3.8, 4) is 11.5 Å². The lowest BCUT2D eigenvalue weighted by atomic mass is 9.63. The standard InChI is InChI=1S/C31H32N2O7.H4NO2P/c1-19-18-33(30(37)32-29(19)36)26-17-23(34)27(40-26)28(35)31(20-11-5-4-6-12-20,21-13-7-9-15-24(21)38-2)22-14-8-10-16-25(22)39-3;1-4(2)3/h4-16,18,23,26-28,34-35H,17H2,1-3H3,(H,32,36,37);2-3H,1H2/t23-,26+,27-,28?;/m0./s1. The van der Waals surface area contributed by atoms with Gasteiger partial charge in [-0.25, -0.2) is 4.79 Å². The van der Waals surface area contributed by atoms with Crippen molar-refractivity contribution in [2.45, 2.75) is 43.3 Å². The quantitative estimate of drug-likeness (QED) is 0.125. The highest BCUT2D eigenvalue weighted by molar-refractivity contribution is 7.42. The number of rotatable bonds is 8. The van der Waals surface area contributed by atoms with Crippen LogP contribution in [0.2, 0.25) is 0 Å². The van der Waals surface area contributed by atoms with Crippen molar-refractivity contribution in [2.24, 2.45) is 5.50 Å². The summed E-state index contributed by atoms with van der Waals surface area (Å²) >= 11 is 0. The Labute approximate surface area is 254 Å². The van der Waals surface area contributed by atoms with Crippen molar-refractivity contribution in [2.75, 3.05) is 14.2 Å². The van der Waals surface area contributed by atoms with Gasteiger partial charge in [0.2, 0.25) is 8.53 Å². The van der Waals surface area contributed by atoms with Crippen LogP contribution < -0.4 is 26.2 Å². The third-order valence-corrected chi connectivity index (χ3v) is 7.64. The van der Waals surface area contributed by atoms with E-state index in [0.717, 1.165) is 0 Å². The number of benzene rings is 3. The number of H-pyrrole nitrogens is 1. The molecule has 13 heteroatoms. The summed E-state index contributed by atoms with van der Waals surface area (Å²) in [5, 5.41) is 23.8. The molecule has 5 rings (SSSR count). The Kier molecular flexibility index (Phi) is 10.7. The number of para-hydroxylation sites is 2. The van der Waals surface area contributed by atoms with Gasteiger partial charge in [0.15, 0.2) is 0 Å². The van der Waals surface area contributed by atoms with Gasteiger partial charge in [-0.1, -0.05) is 66.7 Å². The molecule has 3 aromatic carbocycles. The minimum absolute atomic E-state index is 0.0236. The molecule has 1 saturated heterocycles. The third kappa shape index (κ3) is 6.47. The fourth-order valence-corrected chi connectivity index (χ4v) is 5.77. The summed E-state index contributed by atoms with van der Waals surface area (Å²) in [5.41, 5.74) is 4.10. The number of nitrogens with zero attached hydrogens (tertiary/aromatic N) is 1. The normalized spacial score (nSPS) is 18.8. The summed E-state index contributed by atoms with van der Waals surface area (Å²) < 4.78 is 19.1. The van der Waals surface area contributed by atoms with Gasteiger partial charge in [-0.3, -0.25) is 19.8 Å². The maximum Gasteiger partial charge on any atom is 0.330 e. The Morgan fingerprint density at radius 1 is 0.955 bits per heavy atom. The van der Waals surface area contributed by atoms with Gasteiger partial charge in [0, 0.05) is 29.3 Å². The number of aromatic amines is 1. The molecule has 0 saturated carbocycles. The number of nitrogens with one attached hydrogen (secondary N) is 1. The van der Waals surface area contributed by atoms with Crippen molar-refractivity contribution in [1.29, 1.82) is 0 Å². The Hall–Kier alpha value is -3.87. The number of aromatic nitrogens is 2. The second kappa shape index (κ2) is 14.3. The smallest absolute Gasteiger partial charge is 0.330 e. The van der Waals surface area contributed by atoms with Gasteiger partial charge in [-0.2, -0.15) is 0 Å². The molecule has 234 valence electrons. The number of nitrogens with two attached hydrogens (primary N) is 1. The van der Waals surface area contributed by atoms with Crippen LogP contribution in [-0.4, -0.2) is 62.1 Å². The Morgan fingerprint density at radius 2 is 1.45 bits per heavy atom. The van der Waals surface area contributed by atoms with Crippen LogP contribution in [0.15, 0.2) is 94.6 Å². The molecule has 0 amide bonds. The van der Waals surface area contributed by atoms with E-state index in [1.807, 2.05) is 78.9 Å². The van der Waals surface area contributed by atoms with Crippen LogP contribution in [0.25, 0.3) is 0 Å². The molecule has 1 aliphatic heterocycles. The lowest BCUT2D eigenvalue weighted by Gasteiger charge is -2.43. The lowest BCUT2D eigenvalue weighted by molar-refractivity contribution is -0.0980. The van der Waals surface area contributed by atoms with Crippen LogP contribution >= 0.6 is 8.53 Å². The van der Waals surface area contributed by atoms with E-state index < -0.39 is 49.7 Å². The molecule has 0 aliphatic carbocycles. The number of aryl methyl sites for hydroxylation is 1. The van der Waals surface area contributed by atoms with Gasteiger partial charge < -0.3 is 34.2 Å². The fraction of sp³-hybridized carbons (Fsp3) is 0.290. The first-order valence-corrected chi connectivity index (χ1v) is 15.0. The minimum atomic E-state index is -2.12. The second-order valence-electron chi connectivity index (χ2n) is 10.2. The third-order valence-electron chi connectivity index (χ3n) is 7.64. The molecule has 1 aliphatic rings. The maximum absolute atomic E-state index is 12.6. The topological polar surface area (TPSA) is 189 Å². The highest BCUT2D eigenvalue weighted by atomic mass is 31.2. The molecule has 7 N–H and O–H groups in total. The lowest BCUT2D eigenvalue weighted by Crippen LogP contribution is -2.51. The first-order valence-electron chi connectivity index (χ1n) is 13.6. The van der Waals surface area contributed by atoms with Gasteiger partial charge in [-0.15, -0.1) is 0 Å².